The monoisotopic (exact) mass is 282 g/mol. The average molecular weight is 283 g/mol. The fourth-order valence-corrected chi connectivity index (χ4v) is 5.27. The van der Waals surface area contributed by atoms with Crippen LogP contribution >= 0.6 is 0 Å². The molecule has 0 amide bonds. The molecular formula is C17H34OSi. The molecule has 0 heterocycles. The summed E-state index contributed by atoms with van der Waals surface area (Å²) in [5.74, 6) is 0.541. The molecule has 0 aromatic rings. The highest BCUT2D eigenvalue weighted by Crippen LogP contribution is 2.60. The highest BCUT2D eigenvalue weighted by atomic mass is 28.3. The first-order chi connectivity index (χ1) is 8.42. The van der Waals surface area contributed by atoms with Gasteiger partial charge in [-0.25, -0.2) is 0 Å². The lowest BCUT2D eigenvalue weighted by Gasteiger charge is -2.41. The van der Waals surface area contributed by atoms with Gasteiger partial charge in [-0.05, 0) is 49.5 Å². The van der Waals surface area contributed by atoms with E-state index in [0.29, 0.717) is 11.3 Å². The van der Waals surface area contributed by atoms with Crippen LogP contribution in [0.1, 0.15) is 60.8 Å². The Morgan fingerprint density at radius 3 is 2.32 bits per heavy atom. The molecule has 1 saturated carbocycles. The Labute approximate surface area is 121 Å². The molecule has 0 radical (unpaired) electrons. The number of allylic oxidation sites excluding steroid dienone is 2. The van der Waals surface area contributed by atoms with Crippen LogP contribution in [-0.2, 0) is 0 Å². The summed E-state index contributed by atoms with van der Waals surface area (Å²) < 4.78 is 0. The van der Waals surface area contributed by atoms with Crippen LogP contribution < -0.4 is 0 Å². The third kappa shape index (κ3) is 3.72. The van der Waals surface area contributed by atoms with E-state index < -0.39 is 8.07 Å². The van der Waals surface area contributed by atoms with Crippen LogP contribution in [-0.4, -0.2) is 18.9 Å². The van der Waals surface area contributed by atoms with Crippen molar-refractivity contribution in [2.24, 2.45) is 11.3 Å². The number of aliphatic hydroxyl groups excluding tert-OH is 1. The van der Waals surface area contributed by atoms with Gasteiger partial charge in [-0.2, -0.15) is 0 Å². The minimum Gasteiger partial charge on any atom is -0.396 e. The summed E-state index contributed by atoms with van der Waals surface area (Å²) in [6.07, 6.45) is 5.95. The predicted octanol–water partition coefficient (Wildman–Crippen LogP) is 5.17. The Bertz CT molecular complexity index is 347. The van der Waals surface area contributed by atoms with Crippen LogP contribution in [0, 0.1) is 11.3 Å². The molecule has 19 heavy (non-hydrogen) atoms. The molecule has 1 N–H and O–H groups in total. The van der Waals surface area contributed by atoms with E-state index in [2.05, 4.69) is 60.7 Å². The lowest BCUT2D eigenvalue weighted by molar-refractivity contribution is 0.192. The van der Waals surface area contributed by atoms with Gasteiger partial charge in [-0.15, -0.1) is 0 Å². The smallest absolute Gasteiger partial charge is 0.0868 e. The van der Waals surface area contributed by atoms with Gasteiger partial charge in [0.05, 0.1) is 8.07 Å². The van der Waals surface area contributed by atoms with Crippen molar-refractivity contribution in [3.8, 4) is 0 Å². The normalized spacial score (nSPS) is 29.0. The fourth-order valence-electron chi connectivity index (χ4n) is 2.86. The lowest BCUT2D eigenvalue weighted by atomic mass is 9.99. The lowest BCUT2D eigenvalue weighted by Crippen LogP contribution is -2.51. The number of hydrogen-bond acceptors (Lipinski definition) is 1. The van der Waals surface area contributed by atoms with E-state index in [1.807, 2.05) is 0 Å². The Balaban J connectivity index is 2.63. The summed E-state index contributed by atoms with van der Waals surface area (Å²) in [5.41, 5.74) is 1.75. The van der Waals surface area contributed by atoms with E-state index in [1.54, 1.807) is 0 Å². The molecule has 2 heteroatoms. The minimum atomic E-state index is -1.62. The number of aliphatic hydroxyl groups is 1. The van der Waals surface area contributed by atoms with Crippen molar-refractivity contribution in [2.45, 2.75) is 84.7 Å². The van der Waals surface area contributed by atoms with Gasteiger partial charge in [0.1, 0.15) is 0 Å². The molecule has 0 saturated heterocycles. The van der Waals surface area contributed by atoms with Gasteiger partial charge in [0, 0.05) is 5.73 Å². The Morgan fingerprint density at radius 2 is 1.89 bits per heavy atom. The van der Waals surface area contributed by atoms with E-state index >= 15 is 0 Å². The standard InChI is InChI=1S/C17H34OSi/c1-13(2)10-9-11-17(6)12-14(17)15(18)19(7,8)16(3,4)5/h10,14-15,18H,9,11-12H2,1-8H3. The molecule has 0 aromatic heterocycles. The maximum Gasteiger partial charge on any atom is 0.0868 e. The molecule has 0 bridgehead atoms. The van der Waals surface area contributed by atoms with Crippen molar-refractivity contribution >= 4 is 8.07 Å². The second kappa shape index (κ2) is 5.36. The van der Waals surface area contributed by atoms with E-state index in [4.69, 9.17) is 0 Å². The zero-order valence-electron chi connectivity index (χ0n) is 14.3. The molecule has 3 unspecified atom stereocenters. The number of rotatable bonds is 5. The molecule has 112 valence electrons. The molecule has 1 fully saturated rings. The van der Waals surface area contributed by atoms with E-state index in [1.165, 1.54) is 24.8 Å². The molecular weight excluding hydrogens is 248 g/mol. The molecule has 1 rings (SSSR count). The van der Waals surface area contributed by atoms with E-state index in [9.17, 15) is 5.11 Å². The van der Waals surface area contributed by atoms with Crippen LogP contribution in [0.2, 0.25) is 18.1 Å². The maximum absolute atomic E-state index is 10.8. The molecule has 1 aliphatic carbocycles. The largest absolute Gasteiger partial charge is 0.396 e. The molecule has 3 atom stereocenters. The van der Waals surface area contributed by atoms with Gasteiger partial charge >= 0.3 is 0 Å². The van der Waals surface area contributed by atoms with Crippen molar-refractivity contribution in [1.29, 1.82) is 0 Å². The number of hydrogen-bond donors (Lipinski definition) is 1. The third-order valence-corrected chi connectivity index (χ3v) is 11.5. The zero-order valence-corrected chi connectivity index (χ0v) is 15.3. The zero-order chi connectivity index (χ0) is 15.1. The summed E-state index contributed by atoms with van der Waals surface area (Å²) in [6.45, 7) is 18.3. The first kappa shape index (κ1) is 17.0. The molecule has 0 aromatic carbocycles. The summed E-state index contributed by atoms with van der Waals surface area (Å²) in [5, 5.41) is 11.1. The van der Waals surface area contributed by atoms with Crippen LogP contribution in [0.15, 0.2) is 11.6 Å². The van der Waals surface area contributed by atoms with Gasteiger partial charge in [-0.3, -0.25) is 0 Å². The SMILES string of the molecule is CC(C)=CCCC1(C)CC1C(O)[Si](C)(C)C(C)(C)C. The van der Waals surface area contributed by atoms with Crippen molar-refractivity contribution in [2.75, 3.05) is 0 Å². The van der Waals surface area contributed by atoms with Crippen LogP contribution in [0.3, 0.4) is 0 Å². The summed E-state index contributed by atoms with van der Waals surface area (Å²) >= 11 is 0. The maximum atomic E-state index is 10.8. The highest BCUT2D eigenvalue weighted by molar-refractivity contribution is 6.81. The van der Waals surface area contributed by atoms with Crippen molar-refractivity contribution < 1.29 is 5.11 Å². The second-order valence-corrected chi connectivity index (χ2v) is 14.2. The van der Waals surface area contributed by atoms with E-state index in [0.717, 1.165) is 0 Å². The Kier molecular flexibility index (Phi) is 4.79. The van der Waals surface area contributed by atoms with Crippen LogP contribution in [0.5, 0.6) is 0 Å². The highest BCUT2D eigenvalue weighted by Gasteiger charge is 2.58. The summed E-state index contributed by atoms with van der Waals surface area (Å²) in [7, 11) is -1.62. The molecule has 0 aliphatic heterocycles. The van der Waals surface area contributed by atoms with Gasteiger partial charge in [-0.1, -0.05) is 52.4 Å². The third-order valence-electron chi connectivity index (χ3n) is 5.74. The van der Waals surface area contributed by atoms with Crippen molar-refractivity contribution in [1.82, 2.24) is 0 Å². The average Bonchev–Trinajstić information content (AvgIpc) is 2.87. The van der Waals surface area contributed by atoms with Gasteiger partial charge in [0.25, 0.3) is 0 Å². The first-order valence-electron chi connectivity index (χ1n) is 7.73. The summed E-state index contributed by atoms with van der Waals surface area (Å²) in [6, 6.07) is 0. The fraction of sp³-hybridized carbons (Fsp3) is 0.882. The van der Waals surface area contributed by atoms with Gasteiger partial charge in [0.15, 0.2) is 0 Å². The second-order valence-electron chi connectivity index (χ2n) is 8.70. The molecule has 0 spiro atoms. The van der Waals surface area contributed by atoms with E-state index in [-0.39, 0.29) is 10.8 Å². The minimum absolute atomic E-state index is 0.0517. The van der Waals surface area contributed by atoms with Gasteiger partial charge in [0.2, 0.25) is 0 Å². The predicted molar refractivity (Wildman–Crippen MR) is 88.1 cm³/mol. The molecule has 1 nitrogen and oxygen atoms in total. The Morgan fingerprint density at radius 1 is 1.37 bits per heavy atom. The van der Waals surface area contributed by atoms with Crippen molar-refractivity contribution in [3.05, 3.63) is 11.6 Å². The van der Waals surface area contributed by atoms with Crippen LogP contribution in [0.25, 0.3) is 0 Å². The first-order valence-corrected chi connectivity index (χ1v) is 10.8. The quantitative estimate of drug-likeness (QED) is 0.545. The summed E-state index contributed by atoms with van der Waals surface area (Å²) in [4.78, 5) is 0. The molecule has 1 aliphatic rings. The van der Waals surface area contributed by atoms with Crippen molar-refractivity contribution in [3.63, 3.8) is 0 Å². The van der Waals surface area contributed by atoms with Crippen LogP contribution in [0.4, 0.5) is 0 Å². The topological polar surface area (TPSA) is 20.2 Å². The Hall–Kier alpha value is -0.0831. The van der Waals surface area contributed by atoms with Gasteiger partial charge < -0.3 is 5.11 Å².